The number of rotatable bonds is 4. The summed E-state index contributed by atoms with van der Waals surface area (Å²) in [5.74, 6) is 1.45. The standard InChI is InChI=1S/C13H14ClIN2O/c1-3-16-8(2)13-17-7-12(18-13)10-6-9(14)4-5-11(10)15/h4-8,16H,3H2,1-2H3. The van der Waals surface area contributed by atoms with Gasteiger partial charge >= 0.3 is 0 Å². The van der Waals surface area contributed by atoms with E-state index in [0.29, 0.717) is 10.9 Å². The van der Waals surface area contributed by atoms with Crippen molar-refractivity contribution >= 4 is 34.2 Å². The average molecular weight is 377 g/mol. The summed E-state index contributed by atoms with van der Waals surface area (Å²) in [7, 11) is 0. The van der Waals surface area contributed by atoms with E-state index in [9.17, 15) is 0 Å². The average Bonchev–Trinajstić information content (AvgIpc) is 2.82. The number of halogens is 2. The van der Waals surface area contributed by atoms with E-state index in [1.54, 1.807) is 6.20 Å². The Morgan fingerprint density at radius 2 is 2.28 bits per heavy atom. The zero-order chi connectivity index (χ0) is 13.1. The molecule has 0 aliphatic carbocycles. The summed E-state index contributed by atoms with van der Waals surface area (Å²) in [6.45, 7) is 4.97. The first-order valence-electron chi connectivity index (χ1n) is 5.76. The highest BCUT2D eigenvalue weighted by Crippen LogP contribution is 2.29. The number of oxazole rings is 1. The van der Waals surface area contributed by atoms with Gasteiger partial charge in [-0.2, -0.15) is 0 Å². The second kappa shape index (κ2) is 6.04. The molecule has 0 saturated carbocycles. The van der Waals surface area contributed by atoms with E-state index in [2.05, 4.69) is 39.8 Å². The van der Waals surface area contributed by atoms with Crippen LogP contribution in [0.4, 0.5) is 0 Å². The summed E-state index contributed by atoms with van der Waals surface area (Å²) in [4.78, 5) is 4.31. The van der Waals surface area contributed by atoms with Gasteiger partial charge in [0.25, 0.3) is 0 Å². The van der Waals surface area contributed by atoms with E-state index in [0.717, 1.165) is 21.4 Å². The van der Waals surface area contributed by atoms with Crippen LogP contribution in [0.25, 0.3) is 11.3 Å². The van der Waals surface area contributed by atoms with Gasteiger partial charge in [-0.15, -0.1) is 0 Å². The predicted octanol–water partition coefficient (Wildman–Crippen LogP) is 4.27. The Morgan fingerprint density at radius 3 is 3.00 bits per heavy atom. The van der Waals surface area contributed by atoms with Crippen LogP contribution in [0, 0.1) is 3.57 Å². The summed E-state index contributed by atoms with van der Waals surface area (Å²) in [5, 5.41) is 3.97. The molecule has 2 rings (SSSR count). The SMILES string of the molecule is CCNC(C)c1ncc(-c2cc(Cl)ccc2I)o1. The maximum Gasteiger partial charge on any atom is 0.211 e. The Hall–Kier alpha value is -0.590. The lowest BCUT2D eigenvalue weighted by Gasteiger charge is -2.07. The Balaban J connectivity index is 2.32. The third-order valence-corrected chi connectivity index (χ3v) is 3.77. The van der Waals surface area contributed by atoms with E-state index >= 15 is 0 Å². The van der Waals surface area contributed by atoms with Crippen LogP contribution in [0.5, 0.6) is 0 Å². The van der Waals surface area contributed by atoms with E-state index < -0.39 is 0 Å². The lowest BCUT2D eigenvalue weighted by molar-refractivity contribution is 0.429. The third-order valence-electron chi connectivity index (χ3n) is 2.60. The van der Waals surface area contributed by atoms with Crippen molar-refractivity contribution in [2.45, 2.75) is 19.9 Å². The summed E-state index contributed by atoms with van der Waals surface area (Å²) < 4.78 is 6.88. The monoisotopic (exact) mass is 376 g/mol. The Bertz CT molecular complexity index is 542. The molecule has 0 radical (unpaired) electrons. The summed E-state index contributed by atoms with van der Waals surface area (Å²) in [6, 6.07) is 5.84. The van der Waals surface area contributed by atoms with Crippen LogP contribution in [-0.2, 0) is 0 Å². The van der Waals surface area contributed by atoms with E-state index in [1.807, 2.05) is 25.1 Å². The molecule has 96 valence electrons. The van der Waals surface area contributed by atoms with Crippen molar-refractivity contribution in [2.75, 3.05) is 6.54 Å². The first kappa shape index (κ1) is 13.8. The summed E-state index contributed by atoms with van der Waals surface area (Å²) in [5.41, 5.74) is 0.977. The van der Waals surface area contributed by atoms with Gasteiger partial charge in [-0.25, -0.2) is 4.98 Å². The van der Waals surface area contributed by atoms with Crippen LogP contribution in [-0.4, -0.2) is 11.5 Å². The van der Waals surface area contributed by atoms with Crippen molar-refractivity contribution in [2.24, 2.45) is 0 Å². The second-order valence-electron chi connectivity index (χ2n) is 3.97. The van der Waals surface area contributed by atoms with E-state index in [4.69, 9.17) is 16.0 Å². The molecular formula is C13H14ClIN2O. The van der Waals surface area contributed by atoms with E-state index in [1.165, 1.54) is 0 Å². The zero-order valence-electron chi connectivity index (χ0n) is 10.2. The molecule has 5 heteroatoms. The van der Waals surface area contributed by atoms with Gasteiger partial charge < -0.3 is 9.73 Å². The normalized spacial score (nSPS) is 12.7. The molecule has 1 heterocycles. The highest BCUT2D eigenvalue weighted by molar-refractivity contribution is 14.1. The van der Waals surface area contributed by atoms with Gasteiger partial charge in [-0.05, 0) is 54.3 Å². The minimum Gasteiger partial charge on any atom is -0.439 e. The Morgan fingerprint density at radius 1 is 1.50 bits per heavy atom. The van der Waals surface area contributed by atoms with Gasteiger partial charge in [0, 0.05) is 14.2 Å². The van der Waals surface area contributed by atoms with E-state index in [-0.39, 0.29) is 6.04 Å². The first-order chi connectivity index (χ1) is 8.61. The fourth-order valence-electron chi connectivity index (χ4n) is 1.69. The zero-order valence-corrected chi connectivity index (χ0v) is 13.1. The Kier molecular flexibility index (Phi) is 4.64. The molecule has 0 bridgehead atoms. The summed E-state index contributed by atoms with van der Waals surface area (Å²) >= 11 is 8.27. The molecule has 1 atom stereocenters. The van der Waals surface area contributed by atoms with Gasteiger partial charge in [0.15, 0.2) is 5.76 Å². The number of hydrogen-bond acceptors (Lipinski definition) is 3. The smallest absolute Gasteiger partial charge is 0.211 e. The highest BCUT2D eigenvalue weighted by Gasteiger charge is 2.14. The molecule has 1 aromatic carbocycles. The number of aromatic nitrogens is 1. The second-order valence-corrected chi connectivity index (χ2v) is 5.56. The quantitative estimate of drug-likeness (QED) is 0.810. The van der Waals surface area contributed by atoms with Crippen LogP contribution in [0.15, 0.2) is 28.8 Å². The van der Waals surface area contributed by atoms with Crippen LogP contribution < -0.4 is 5.32 Å². The largest absolute Gasteiger partial charge is 0.439 e. The van der Waals surface area contributed by atoms with Crippen LogP contribution in [0.3, 0.4) is 0 Å². The molecule has 0 amide bonds. The van der Waals surface area contributed by atoms with Crippen LogP contribution >= 0.6 is 34.2 Å². The molecule has 0 spiro atoms. The fourth-order valence-corrected chi connectivity index (χ4v) is 2.47. The molecular weight excluding hydrogens is 363 g/mol. The minimum absolute atomic E-state index is 0.112. The fraction of sp³-hybridized carbons (Fsp3) is 0.308. The molecule has 1 N–H and O–H groups in total. The lowest BCUT2D eigenvalue weighted by Crippen LogP contribution is -2.17. The van der Waals surface area contributed by atoms with Crippen molar-refractivity contribution in [3.8, 4) is 11.3 Å². The first-order valence-corrected chi connectivity index (χ1v) is 7.22. The highest BCUT2D eigenvalue weighted by atomic mass is 127. The van der Waals surface area contributed by atoms with Crippen molar-refractivity contribution in [1.82, 2.24) is 10.3 Å². The molecule has 0 fully saturated rings. The van der Waals surface area contributed by atoms with Crippen molar-refractivity contribution < 1.29 is 4.42 Å². The topological polar surface area (TPSA) is 38.1 Å². The lowest BCUT2D eigenvalue weighted by atomic mass is 10.2. The third kappa shape index (κ3) is 3.05. The summed E-state index contributed by atoms with van der Waals surface area (Å²) in [6.07, 6.45) is 1.75. The maximum atomic E-state index is 6.01. The molecule has 2 aromatic rings. The number of nitrogens with zero attached hydrogens (tertiary/aromatic N) is 1. The van der Waals surface area contributed by atoms with Crippen molar-refractivity contribution in [3.05, 3.63) is 38.9 Å². The minimum atomic E-state index is 0.112. The van der Waals surface area contributed by atoms with Crippen molar-refractivity contribution in [3.63, 3.8) is 0 Å². The molecule has 1 aromatic heterocycles. The maximum absolute atomic E-state index is 6.01. The molecule has 0 aliphatic heterocycles. The van der Waals surface area contributed by atoms with Crippen LogP contribution in [0.2, 0.25) is 5.02 Å². The van der Waals surface area contributed by atoms with Gasteiger partial charge in [0.2, 0.25) is 5.89 Å². The molecule has 0 saturated heterocycles. The van der Waals surface area contributed by atoms with Gasteiger partial charge in [0.05, 0.1) is 12.2 Å². The number of benzene rings is 1. The molecule has 1 unspecified atom stereocenters. The number of nitrogens with one attached hydrogen (secondary N) is 1. The van der Waals surface area contributed by atoms with Crippen molar-refractivity contribution in [1.29, 1.82) is 0 Å². The molecule has 0 aliphatic rings. The predicted molar refractivity (Wildman–Crippen MR) is 81.8 cm³/mol. The van der Waals surface area contributed by atoms with Gasteiger partial charge in [-0.3, -0.25) is 0 Å². The number of hydrogen-bond donors (Lipinski definition) is 1. The van der Waals surface area contributed by atoms with Gasteiger partial charge in [-0.1, -0.05) is 18.5 Å². The molecule has 3 nitrogen and oxygen atoms in total. The molecule has 18 heavy (non-hydrogen) atoms. The van der Waals surface area contributed by atoms with Gasteiger partial charge in [0.1, 0.15) is 0 Å². The van der Waals surface area contributed by atoms with Crippen LogP contribution in [0.1, 0.15) is 25.8 Å². The Labute approximate surface area is 125 Å².